The van der Waals surface area contributed by atoms with Crippen LogP contribution in [0.25, 0.3) is 10.9 Å². The van der Waals surface area contributed by atoms with Crippen molar-refractivity contribution in [3.8, 4) is 0 Å². The van der Waals surface area contributed by atoms with E-state index in [1.54, 1.807) is 0 Å². The SMILES string of the molecule is O=C(O)CCc1cccc2n[nH]c(C3CC3)c12. The van der Waals surface area contributed by atoms with Gasteiger partial charge in [-0.2, -0.15) is 5.10 Å². The Bertz CT molecular complexity index is 570. The normalized spacial score (nSPS) is 15.3. The largest absolute Gasteiger partial charge is 0.481 e. The molecule has 4 nitrogen and oxygen atoms in total. The first-order valence-corrected chi connectivity index (χ1v) is 5.93. The smallest absolute Gasteiger partial charge is 0.303 e. The zero-order valence-corrected chi connectivity index (χ0v) is 9.44. The minimum absolute atomic E-state index is 0.175. The van der Waals surface area contributed by atoms with Gasteiger partial charge in [0, 0.05) is 23.4 Å². The van der Waals surface area contributed by atoms with Crippen LogP contribution in [0.3, 0.4) is 0 Å². The van der Waals surface area contributed by atoms with E-state index in [0.29, 0.717) is 12.3 Å². The van der Waals surface area contributed by atoms with Gasteiger partial charge >= 0.3 is 5.97 Å². The molecule has 1 fully saturated rings. The van der Waals surface area contributed by atoms with Gasteiger partial charge in [-0.05, 0) is 30.9 Å². The third-order valence-electron chi connectivity index (χ3n) is 3.29. The molecule has 0 radical (unpaired) electrons. The van der Waals surface area contributed by atoms with Gasteiger partial charge in [0.1, 0.15) is 0 Å². The lowest BCUT2D eigenvalue weighted by molar-refractivity contribution is -0.136. The van der Waals surface area contributed by atoms with E-state index in [4.69, 9.17) is 5.11 Å². The molecule has 1 aromatic heterocycles. The Balaban J connectivity index is 2.03. The van der Waals surface area contributed by atoms with E-state index in [-0.39, 0.29) is 6.42 Å². The molecule has 0 bridgehead atoms. The van der Waals surface area contributed by atoms with Crippen molar-refractivity contribution in [1.82, 2.24) is 10.2 Å². The number of hydrogen-bond donors (Lipinski definition) is 2. The Hall–Kier alpha value is -1.84. The lowest BCUT2D eigenvalue weighted by Crippen LogP contribution is -1.98. The zero-order valence-electron chi connectivity index (χ0n) is 9.44. The first-order valence-electron chi connectivity index (χ1n) is 5.93. The summed E-state index contributed by atoms with van der Waals surface area (Å²) in [5.41, 5.74) is 3.25. The molecule has 0 amide bonds. The fourth-order valence-electron chi connectivity index (χ4n) is 2.28. The number of rotatable bonds is 4. The number of H-pyrrole nitrogens is 1. The summed E-state index contributed by atoms with van der Waals surface area (Å²) in [4.78, 5) is 10.7. The summed E-state index contributed by atoms with van der Waals surface area (Å²) < 4.78 is 0. The number of aromatic amines is 1. The first kappa shape index (κ1) is 10.3. The number of fused-ring (bicyclic) bond motifs is 1. The van der Waals surface area contributed by atoms with Crippen LogP contribution in [-0.2, 0) is 11.2 Å². The van der Waals surface area contributed by atoms with E-state index < -0.39 is 5.97 Å². The van der Waals surface area contributed by atoms with Crippen LogP contribution in [0.5, 0.6) is 0 Å². The lowest BCUT2D eigenvalue weighted by Gasteiger charge is -2.03. The Labute approximate surface area is 98.6 Å². The summed E-state index contributed by atoms with van der Waals surface area (Å²) in [5, 5.41) is 17.3. The van der Waals surface area contributed by atoms with Crippen LogP contribution >= 0.6 is 0 Å². The topological polar surface area (TPSA) is 66.0 Å². The third kappa shape index (κ3) is 1.90. The third-order valence-corrected chi connectivity index (χ3v) is 3.29. The molecule has 1 aliphatic rings. The number of aromatic nitrogens is 2. The Morgan fingerprint density at radius 1 is 1.47 bits per heavy atom. The summed E-state index contributed by atoms with van der Waals surface area (Å²) >= 11 is 0. The van der Waals surface area contributed by atoms with Gasteiger partial charge in [-0.15, -0.1) is 0 Å². The molecule has 0 aliphatic heterocycles. The number of nitrogens with zero attached hydrogens (tertiary/aromatic N) is 1. The highest BCUT2D eigenvalue weighted by Crippen LogP contribution is 2.42. The van der Waals surface area contributed by atoms with Crippen molar-refractivity contribution in [2.45, 2.75) is 31.6 Å². The number of aliphatic carboxylic acids is 1. The highest BCUT2D eigenvalue weighted by atomic mass is 16.4. The average molecular weight is 230 g/mol. The zero-order chi connectivity index (χ0) is 11.8. The second kappa shape index (κ2) is 3.87. The molecule has 2 aromatic rings. The van der Waals surface area contributed by atoms with Crippen molar-refractivity contribution >= 4 is 16.9 Å². The molecule has 0 spiro atoms. The summed E-state index contributed by atoms with van der Waals surface area (Å²) in [6.07, 6.45) is 3.18. The molecule has 0 atom stereocenters. The van der Waals surface area contributed by atoms with Gasteiger partial charge in [0.15, 0.2) is 0 Å². The molecule has 17 heavy (non-hydrogen) atoms. The molecule has 1 heterocycles. The maximum atomic E-state index is 10.7. The van der Waals surface area contributed by atoms with Crippen molar-refractivity contribution in [2.24, 2.45) is 0 Å². The number of carboxylic acid groups (broad SMARTS) is 1. The average Bonchev–Trinajstić information content (AvgIpc) is 3.06. The molecule has 1 saturated carbocycles. The quantitative estimate of drug-likeness (QED) is 0.847. The number of hydrogen-bond acceptors (Lipinski definition) is 2. The van der Waals surface area contributed by atoms with Crippen molar-refractivity contribution in [3.05, 3.63) is 29.5 Å². The van der Waals surface area contributed by atoms with Crippen molar-refractivity contribution < 1.29 is 9.90 Å². The molecule has 0 saturated heterocycles. The second-order valence-electron chi connectivity index (χ2n) is 4.62. The number of carboxylic acids is 1. The van der Waals surface area contributed by atoms with E-state index >= 15 is 0 Å². The van der Waals surface area contributed by atoms with Gasteiger partial charge in [-0.1, -0.05) is 12.1 Å². The van der Waals surface area contributed by atoms with E-state index in [1.165, 1.54) is 18.5 Å². The maximum absolute atomic E-state index is 10.7. The number of benzene rings is 1. The summed E-state index contributed by atoms with van der Waals surface area (Å²) in [6, 6.07) is 5.92. The molecule has 1 aliphatic carbocycles. The lowest BCUT2D eigenvalue weighted by atomic mass is 10.0. The molecule has 1 aromatic carbocycles. The molecule has 4 heteroatoms. The van der Waals surface area contributed by atoms with Gasteiger partial charge < -0.3 is 5.11 Å². The Kier molecular flexibility index (Phi) is 2.35. The fourth-order valence-corrected chi connectivity index (χ4v) is 2.28. The fraction of sp³-hybridized carbons (Fsp3) is 0.385. The first-order chi connectivity index (χ1) is 8.25. The number of carbonyl (C=O) groups is 1. The van der Waals surface area contributed by atoms with E-state index in [1.807, 2.05) is 18.2 Å². The minimum atomic E-state index is -0.751. The van der Waals surface area contributed by atoms with Gasteiger partial charge in [-0.3, -0.25) is 9.89 Å². The summed E-state index contributed by atoms with van der Waals surface area (Å²) in [6.45, 7) is 0. The number of nitrogens with one attached hydrogen (secondary N) is 1. The van der Waals surface area contributed by atoms with E-state index in [9.17, 15) is 4.79 Å². The molecule has 3 rings (SSSR count). The van der Waals surface area contributed by atoms with Crippen LogP contribution in [0, 0.1) is 0 Å². The van der Waals surface area contributed by atoms with Crippen LogP contribution in [-0.4, -0.2) is 21.3 Å². The monoisotopic (exact) mass is 230 g/mol. The highest BCUT2D eigenvalue weighted by Gasteiger charge is 2.28. The molecular weight excluding hydrogens is 216 g/mol. The van der Waals surface area contributed by atoms with E-state index in [0.717, 1.165) is 16.5 Å². The minimum Gasteiger partial charge on any atom is -0.481 e. The van der Waals surface area contributed by atoms with Crippen LogP contribution in [0.15, 0.2) is 18.2 Å². The van der Waals surface area contributed by atoms with Crippen molar-refractivity contribution in [1.29, 1.82) is 0 Å². The molecule has 0 unspecified atom stereocenters. The van der Waals surface area contributed by atoms with Crippen LogP contribution in [0.4, 0.5) is 0 Å². The Morgan fingerprint density at radius 3 is 3.00 bits per heavy atom. The molecule has 88 valence electrons. The number of aryl methyl sites for hydroxylation is 1. The predicted octanol–water partition coefficient (Wildman–Crippen LogP) is 2.46. The van der Waals surface area contributed by atoms with Crippen LogP contribution in [0.2, 0.25) is 0 Å². The van der Waals surface area contributed by atoms with Crippen molar-refractivity contribution in [3.63, 3.8) is 0 Å². The standard InChI is InChI=1S/C13H14N2O2/c16-11(17)7-6-8-2-1-3-10-12(8)13(15-14-10)9-4-5-9/h1-3,9H,4-7H2,(H,14,15)(H,16,17). The Morgan fingerprint density at radius 2 is 2.29 bits per heavy atom. The van der Waals surface area contributed by atoms with E-state index in [2.05, 4.69) is 10.2 Å². The summed E-state index contributed by atoms with van der Waals surface area (Å²) in [7, 11) is 0. The predicted molar refractivity (Wildman–Crippen MR) is 64.0 cm³/mol. The van der Waals surface area contributed by atoms with Gasteiger partial charge in [0.05, 0.1) is 5.52 Å². The van der Waals surface area contributed by atoms with Gasteiger partial charge in [0.2, 0.25) is 0 Å². The van der Waals surface area contributed by atoms with Crippen LogP contribution < -0.4 is 0 Å². The maximum Gasteiger partial charge on any atom is 0.303 e. The van der Waals surface area contributed by atoms with Crippen molar-refractivity contribution in [2.75, 3.05) is 0 Å². The van der Waals surface area contributed by atoms with Gasteiger partial charge in [0.25, 0.3) is 0 Å². The second-order valence-corrected chi connectivity index (χ2v) is 4.62. The molecular formula is C13H14N2O2. The van der Waals surface area contributed by atoms with Crippen LogP contribution in [0.1, 0.15) is 36.4 Å². The summed E-state index contributed by atoms with van der Waals surface area (Å²) in [5.74, 6) is -0.149. The highest BCUT2D eigenvalue weighted by molar-refractivity contribution is 5.86. The molecule has 2 N–H and O–H groups in total. The van der Waals surface area contributed by atoms with Gasteiger partial charge in [-0.25, -0.2) is 0 Å².